The van der Waals surface area contributed by atoms with E-state index < -0.39 is 17.1 Å². The summed E-state index contributed by atoms with van der Waals surface area (Å²) in [6.07, 6.45) is 8.02. The van der Waals surface area contributed by atoms with Crippen LogP contribution in [0.3, 0.4) is 0 Å². The fraction of sp³-hybridized carbons (Fsp3) is 0.333. The highest BCUT2D eigenvalue weighted by molar-refractivity contribution is 6.17. The van der Waals surface area contributed by atoms with E-state index in [-0.39, 0.29) is 5.82 Å². The van der Waals surface area contributed by atoms with Gasteiger partial charge in [0.2, 0.25) is 0 Å². The first-order valence-electron chi connectivity index (χ1n) is 13.8. The summed E-state index contributed by atoms with van der Waals surface area (Å²) in [7, 11) is 3.96. The number of anilines is 2. The molecule has 0 radical (unpaired) electrons. The lowest BCUT2D eigenvalue weighted by molar-refractivity contribution is 0.0694. The number of carboxylic acid groups (broad SMARTS) is 1. The van der Waals surface area contributed by atoms with E-state index in [0.717, 1.165) is 59.8 Å². The summed E-state index contributed by atoms with van der Waals surface area (Å²) in [5, 5.41) is 14.1. The lowest BCUT2D eigenvalue weighted by Gasteiger charge is -2.25. The van der Waals surface area contributed by atoms with Crippen LogP contribution in [-0.2, 0) is 0 Å². The minimum Gasteiger partial charge on any atom is -0.477 e. The molecule has 1 aromatic carbocycles. The Balaban J connectivity index is 1.43. The van der Waals surface area contributed by atoms with Crippen molar-refractivity contribution in [3.05, 3.63) is 64.6 Å². The molecule has 1 aliphatic heterocycles. The van der Waals surface area contributed by atoms with E-state index >= 15 is 0 Å². The molecule has 7 rings (SSSR count). The van der Waals surface area contributed by atoms with Crippen molar-refractivity contribution < 1.29 is 14.3 Å². The van der Waals surface area contributed by atoms with Crippen LogP contribution in [0.15, 0.2) is 47.7 Å². The van der Waals surface area contributed by atoms with Gasteiger partial charge in [0.1, 0.15) is 22.7 Å². The molecule has 1 saturated carbocycles. The van der Waals surface area contributed by atoms with Crippen molar-refractivity contribution in [3.63, 3.8) is 0 Å². The molecule has 2 fully saturated rings. The molecule has 5 heterocycles. The zero-order valence-electron chi connectivity index (χ0n) is 22.8. The minimum absolute atomic E-state index is 0.344. The summed E-state index contributed by atoms with van der Waals surface area (Å²) in [5.41, 5.74) is 3.72. The highest BCUT2D eigenvalue weighted by Gasteiger charge is 2.32. The highest BCUT2D eigenvalue weighted by Crippen LogP contribution is 2.43. The second kappa shape index (κ2) is 9.55. The number of hydrogen-bond acceptors (Lipinski definition) is 7. The summed E-state index contributed by atoms with van der Waals surface area (Å²) in [6, 6.07) is 7.23. The van der Waals surface area contributed by atoms with E-state index in [2.05, 4.69) is 32.1 Å². The van der Waals surface area contributed by atoms with E-state index in [4.69, 9.17) is 4.98 Å². The van der Waals surface area contributed by atoms with E-state index in [0.29, 0.717) is 34.5 Å². The van der Waals surface area contributed by atoms with Crippen LogP contribution in [0.25, 0.3) is 38.7 Å². The van der Waals surface area contributed by atoms with Crippen LogP contribution in [0.4, 0.5) is 15.8 Å². The lowest BCUT2D eigenvalue weighted by Crippen LogP contribution is -2.30. The van der Waals surface area contributed by atoms with Crippen molar-refractivity contribution >= 4 is 44.9 Å². The number of aromatic amines is 1. The monoisotopic (exact) mass is 555 g/mol. The second-order valence-electron chi connectivity index (χ2n) is 11.2. The maximum Gasteiger partial charge on any atom is 0.342 e. The molecule has 0 spiro atoms. The number of hydrogen-bond donors (Lipinski definition) is 3. The largest absolute Gasteiger partial charge is 0.477 e. The van der Waals surface area contributed by atoms with Crippen molar-refractivity contribution in [2.24, 2.45) is 5.92 Å². The highest BCUT2D eigenvalue weighted by atomic mass is 19.1. The van der Waals surface area contributed by atoms with Gasteiger partial charge in [-0.05, 0) is 56.5 Å². The van der Waals surface area contributed by atoms with Crippen molar-refractivity contribution in [2.45, 2.75) is 25.3 Å². The van der Waals surface area contributed by atoms with Gasteiger partial charge < -0.3 is 25.2 Å². The van der Waals surface area contributed by atoms with Gasteiger partial charge in [0.25, 0.3) is 5.56 Å². The van der Waals surface area contributed by atoms with E-state index in [1.807, 2.05) is 6.07 Å². The number of H-pyrrole nitrogens is 1. The van der Waals surface area contributed by atoms with Crippen LogP contribution in [0.2, 0.25) is 0 Å². The molecular formula is C30H30FN7O3. The van der Waals surface area contributed by atoms with E-state index in [9.17, 15) is 19.1 Å². The van der Waals surface area contributed by atoms with Gasteiger partial charge in [-0.1, -0.05) is 0 Å². The average Bonchev–Trinajstić information content (AvgIpc) is 3.61. The third-order valence-corrected chi connectivity index (χ3v) is 8.50. The van der Waals surface area contributed by atoms with E-state index in [1.165, 1.54) is 29.4 Å². The average molecular weight is 556 g/mol. The standard InChI is InChI=1S/C30H30FN7O3/c1-32-23-10-18(31)9-20-25-27(37-8-7-16(14-37)13-36(2)19-4-5-19)21(11-34-28(25)35-26(20)23)17-3-6-24-33-12-22(30(40)41)29(39)38(24)15-17/h3,6,9-12,15-16,19,32H,4-5,7-8,13-14H2,1-2H3,(H,34,35)(H,40,41). The Kier molecular flexibility index (Phi) is 5.93. The van der Waals surface area contributed by atoms with Gasteiger partial charge in [-0.2, -0.15) is 0 Å². The number of benzene rings is 1. The first-order chi connectivity index (χ1) is 19.8. The molecule has 210 valence electrons. The minimum atomic E-state index is -1.33. The zero-order valence-corrected chi connectivity index (χ0v) is 22.8. The molecule has 2 aliphatic rings. The molecule has 41 heavy (non-hydrogen) atoms. The number of carbonyl (C=O) groups is 1. The fourth-order valence-electron chi connectivity index (χ4n) is 6.28. The van der Waals surface area contributed by atoms with Gasteiger partial charge in [-0.3, -0.25) is 9.20 Å². The molecule has 1 atom stereocenters. The molecule has 1 saturated heterocycles. The number of carboxylic acids is 1. The van der Waals surface area contributed by atoms with Crippen molar-refractivity contribution in [1.82, 2.24) is 24.3 Å². The Bertz CT molecular complexity index is 1910. The number of nitrogens with one attached hydrogen (secondary N) is 2. The van der Waals surface area contributed by atoms with Crippen LogP contribution >= 0.6 is 0 Å². The zero-order chi connectivity index (χ0) is 28.4. The number of nitrogens with zero attached hydrogens (tertiary/aromatic N) is 5. The molecule has 0 amide bonds. The molecule has 3 N–H and O–H groups in total. The maximum absolute atomic E-state index is 14.8. The van der Waals surface area contributed by atoms with Crippen LogP contribution in [-0.4, -0.2) is 75.1 Å². The van der Waals surface area contributed by atoms with Crippen molar-refractivity contribution in [3.8, 4) is 11.1 Å². The van der Waals surface area contributed by atoms with Crippen molar-refractivity contribution in [1.29, 1.82) is 0 Å². The second-order valence-corrected chi connectivity index (χ2v) is 11.2. The number of aromatic nitrogens is 4. The molecule has 5 aromatic rings. The molecule has 1 unspecified atom stereocenters. The normalized spacial score (nSPS) is 17.4. The summed E-state index contributed by atoms with van der Waals surface area (Å²) in [5.74, 6) is -1.20. The Hall–Kier alpha value is -4.51. The molecule has 0 bridgehead atoms. The maximum atomic E-state index is 14.8. The van der Waals surface area contributed by atoms with Gasteiger partial charge >= 0.3 is 5.97 Å². The van der Waals surface area contributed by atoms with Gasteiger partial charge in [-0.25, -0.2) is 19.2 Å². The molecule has 1 aliphatic carbocycles. The summed E-state index contributed by atoms with van der Waals surface area (Å²) in [6.45, 7) is 2.68. The van der Waals surface area contributed by atoms with Crippen LogP contribution in [0.5, 0.6) is 0 Å². The smallest absolute Gasteiger partial charge is 0.342 e. The summed E-state index contributed by atoms with van der Waals surface area (Å²) < 4.78 is 16.1. The molecule has 4 aromatic heterocycles. The number of halogens is 1. The van der Waals surface area contributed by atoms with Gasteiger partial charge in [-0.15, -0.1) is 0 Å². The molecule has 10 nitrogen and oxygen atoms in total. The Morgan fingerprint density at radius 1 is 1.22 bits per heavy atom. The predicted molar refractivity (Wildman–Crippen MR) is 156 cm³/mol. The first kappa shape index (κ1) is 25.5. The predicted octanol–water partition coefficient (Wildman–Crippen LogP) is 4.19. The van der Waals surface area contributed by atoms with Gasteiger partial charge in [0.05, 0.1) is 22.3 Å². The quantitative estimate of drug-likeness (QED) is 0.274. The van der Waals surface area contributed by atoms with Crippen molar-refractivity contribution in [2.75, 3.05) is 43.9 Å². The number of fused-ring (bicyclic) bond motifs is 4. The van der Waals surface area contributed by atoms with Gasteiger partial charge in [0.15, 0.2) is 0 Å². The van der Waals surface area contributed by atoms with Crippen LogP contribution < -0.4 is 15.8 Å². The fourth-order valence-corrected chi connectivity index (χ4v) is 6.28. The topological polar surface area (TPSA) is 119 Å². The summed E-state index contributed by atoms with van der Waals surface area (Å²) >= 11 is 0. The third kappa shape index (κ3) is 4.28. The molecular weight excluding hydrogens is 525 g/mol. The lowest BCUT2D eigenvalue weighted by atomic mass is 10.0. The third-order valence-electron chi connectivity index (χ3n) is 8.50. The Labute approximate surface area is 234 Å². The molecule has 11 heteroatoms. The number of pyridine rings is 2. The van der Waals surface area contributed by atoms with Crippen LogP contribution in [0, 0.1) is 11.7 Å². The SMILES string of the molecule is CNc1cc(F)cc2c1[nH]c1ncc(-c3ccc4ncc(C(=O)O)c(=O)n4c3)c(N3CCC(CN(C)C4CC4)C3)c12. The Morgan fingerprint density at radius 2 is 2.05 bits per heavy atom. The van der Waals surface area contributed by atoms with Crippen LogP contribution in [0.1, 0.15) is 29.6 Å². The summed E-state index contributed by atoms with van der Waals surface area (Å²) in [4.78, 5) is 41.7. The first-order valence-corrected chi connectivity index (χ1v) is 13.8. The van der Waals surface area contributed by atoms with E-state index in [1.54, 1.807) is 25.5 Å². The number of aromatic carboxylic acids is 1. The Morgan fingerprint density at radius 3 is 2.80 bits per heavy atom. The van der Waals surface area contributed by atoms with Gasteiger partial charge in [0, 0.05) is 67.8 Å². The number of rotatable bonds is 7.